The van der Waals surface area contributed by atoms with Crippen molar-refractivity contribution in [1.82, 2.24) is 9.97 Å². The number of primary amides is 1. The summed E-state index contributed by atoms with van der Waals surface area (Å²) in [5.74, 6) is -0.158. The highest BCUT2D eigenvalue weighted by Gasteiger charge is 2.18. The van der Waals surface area contributed by atoms with Gasteiger partial charge in [0.15, 0.2) is 23.1 Å². The molecule has 9 nitrogen and oxygen atoms in total. The number of urea groups is 1. The van der Waals surface area contributed by atoms with Crippen molar-refractivity contribution in [3.05, 3.63) is 137 Å². The number of amides is 2. The van der Waals surface area contributed by atoms with Gasteiger partial charge in [0, 0.05) is 40.1 Å². The van der Waals surface area contributed by atoms with Crippen LogP contribution in [-0.4, -0.2) is 35.9 Å². The first-order valence-corrected chi connectivity index (χ1v) is 17.0. The molecule has 0 bridgehead atoms. The van der Waals surface area contributed by atoms with E-state index in [9.17, 15) is 9.18 Å². The summed E-state index contributed by atoms with van der Waals surface area (Å²) in [6.07, 6.45) is 4.30. The molecule has 266 valence electrons. The van der Waals surface area contributed by atoms with Gasteiger partial charge >= 0.3 is 6.03 Å². The summed E-state index contributed by atoms with van der Waals surface area (Å²) in [6.45, 7) is 2.50. The molecular formula is C41H32ClF2N5O4. The number of para-hydroxylation sites is 1. The molecule has 2 aromatic heterocycles. The summed E-state index contributed by atoms with van der Waals surface area (Å²) < 4.78 is 46.7. The zero-order chi connectivity index (χ0) is 37.1. The van der Waals surface area contributed by atoms with E-state index in [0.717, 1.165) is 57.4 Å². The SMILES string of the molecule is COc1cc2c(Oc3ccc(N(/N=C/c4ccc(F)cc4Cl)C(N)=O)cc3F)ccnc2cc1OCCCc1ccc(C)c2nc3ccccc3cc12. The number of nitrogens with zero attached hydrogens (tertiary/aromatic N) is 4. The van der Waals surface area contributed by atoms with Gasteiger partial charge in [-0.15, -0.1) is 0 Å². The highest BCUT2D eigenvalue weighted by Crippen LogP contribution is 2.38. The number of methoxy groups -OCH3 is 1. The monoisotopic (exact) mass is 731 g/mol. The number of rotatable bonds is 11. The van der Waals surface area contributed by atoms with Crippen LogP contribution in [0, 0.1) is 18.6 Å². The molecule has 0 spiro atoms. The van der Waals surface area contributed by atoms with E-state index in [1.807, 2.05) is 18.2 Å². The van der Waals surface area contributed by atoms with Gasteiger partial charge in [0.05, 0.1) is 47.2 Å². The van der Waals surface area contributed by atoms with Crippen LogP contribution < -0.4 is 25.0 Å². The van der Waals surface area contributed by atoms with Crippen molar-refractivity contribution in [2.75, 3.05) is 18.7 Å². The molecule has 0 atom stereocenters. The number of anilines is 1. The molecule has 0 aliphatic rings. The number of aromatic nitrogens is 2. The van der Waals surface area contributed by atoms with Gasteiger partial charge in [0.25, 0.3) is 0 Å². The van der Waals surface area contributed by atoms with Gasteiger partial charge in [-0.1, -0.05) is 41.9 Å². The number of fused-ring (bicyclic) bond motifs is 3. The zero-order valence-electron chi connectivity index (χ0n) is 28.6. The number of pyridine rings is 2. The van der Waals surface area contributed by atoms with Crippen molar-refractivity contribution in [2.24, 2.45) is 10.8 Å². The van der Waals surface area contributed by atoms with E-state index in [1.54, 1.807) is 24.4 Å². The number of aryl methyl sites for hydroxylation is 2. The first-order valence-electron chi connectivity index (χ1n) is 16.6. The molecule has 5 aromatic carbocycles. The van der Waals surface area contributed by atoms with Crippen molar-refractivity contribution in [3.8, 4) is 23.0 Å². The number of hydrogen-bond donors (Lipinski definition) is 1. The summed E-state index contributed by atoms with van der Waals surface area (Å²) >= 11 is 6.05. The third-order valence-corrected chi connectivity index (χ3v) is 9.00. The largest absolute Gasteiger partial charge is 0.493 e. The fourth-order valence-corrected chi connectivity index (χ4v) is 6.22. The Hall–Kier alpha value is -6.33. The first-order chi connectivity index (χ1) is 25.7. The maximum Gasteiger partial charge on any atom is 0.340 e. The molecule has 7 rings (SSSR count). The molecule has 2 N–H and O–H groups in total. The van der Waals surface area contributed by atoms with Gasteiger partial charge in [-0.2, -0.15) is 10.1 Å². The van der Waals surface area contributed by atoms with Crippen LogP contribution in [0.15, 0.2) is 108 Å². The Balaban J connectivity index is 1.06. The number of nitrogens with two attached hydrogens (primary N) is 1. The molecule has 0 fully saturated rings. The number of ether oxygens (including phenoxy) is 3. The summed E-state index contributed by atoms with van der Waals surface area (Å²) in [4.78, 5) is 21.6. The van der Waals surface area contributed by atoms with Gasteiger partial charge in [-0.3, -0.25) is 4.98 Å². The molecule has 53 heavy (non-hydrogen) atoms. The summed E-state index contributed by atoms with van der Waals surface area (Å²) in [7, 11) is 1.54. The lowest BCUT2D eigenvalue weighted by Gasteiger charge is -2.16. The number of hydrogen-bond acceptors (Lipinski definition) is 7. The summed E-state index contributed by atoms with van der Waals surface area (Å²) in [5.41, 5.74) is 10.7. The maximum absolute atomic E-state index is 15.4. The van der Waals surface area contributed by atoms with E-state index in [2.05, 4.69) is 41.3 Å². The van der Waals surface area contributed by atoms with Crippen LogP contribution in [0.4, 0.5) is 19.3 Å². The predicted molar refractivity (Wildman–Crippen MR) is 204 cm³/mol. The van der Waals surface area contributed by atoms with Crippen molar-refractivity contribution in [1.29, 1.82) is 0 Å². The minimum absolute atomic E-state index is 0.0283. The van der Waals surface area contributed by atoms with Crippen LogP contribution in [0.1, 0.15) is 23.1 Å². The number of halogens is 3. The van der Waals surface area contributed by atoms with E-state index in [4.69, 9.17) is 36.5 Å². The molecular weight excluding hydrogens is 700 g/mol. The molecule has 12 heteroatoms. The zero-order valence-corrected chi connectivity index (χ0v) is 29.4. The van der Waals surface area contributed by atoms with Crippen LogP contribution in [0.3, 0.4) is 0 Å². The lowest BCUT2D eigenvalue weighted by Crippen LogP contribution is -2.31. The Bertz CT molecular complexity index is 2550. The van der Waals surface area contributed by atoms with E-state index in [0.29, 0.717) is 40.3 Å². The Morgan fingerprint density at radius 1 is 0.906 bits per heavy atom. The minimum atomic E-state index is -0.979. The van der Waals surface area contributed by atoms with Crippen molar-refractivity contribution in [2.45, 2.75) is 19.8 Å². The third kappa shape index (κ3) is 7.51. The van der Waals surface area contributed by atoms with E-state index in [-0.39, 0.29) is 16.5 Å². The average Bonchev–Trinajstić information content (AvgIpc) is 3.15. The van der Waals surface area contributed by atoms with E-state index >= 15 is 4.39 Å². The second-order valence-electron chi connectivity index (χ2n) is 12.2. The molecule has 0 aliphatic carbocycles. The Morgan fingerprint density at radius 3 is 2.55 bits per heavy atom. The Labute approximate surface area is 308 Å². The second kappa shape index (κ2) is 15.1. The van der Waals surface area contributed by atoms with E-state index in [1.165, 1.54) is 43.2 Å². The fourth-order valence-electron chi connectivity index (χ4n) is 6.01. The summed E-state index contributed by atoms with van der Waals surface area (Å²) in [5, 5.41) is 7.69. The third-order valence-electron chi connectivity index (χ3n) is 8.68. The molecule has 2 amide bonds. The van der Waals surface area contributed by atoms with Crippen LogP contribution in [0.5, 0.6) is 23.0 Å². The molecule has 0 aliphatic heterocycles. The molecule has 0 saturated heterocycles. The maximum atomic E-state index is 15.4. The van der Waals surface area contributed by atoms with Crippen molar-refractivity contribution >= 4 is 62.2 Å². The van der Waals surface area contributed by atoms with Crippen molar-refractivity contribution in [3.63, 3.8) is 0 Å². The average molecular weight is 732 g/mol. The van der Waals surface area contributed by atoms with Crippen LogP contribution in [0.25, 0.3) is 32.7 Å². The quantitative estimate of drug-likeness (QED) is 0.0614. The molecule has 7 aromatic rings. The molecule has 0 saturated carbocycles. The Kier molecular flexibility index (Phi) is 10.0. The number of hydrazone groups is 1. The van der Waals surface area contributed by atoms with Gasteiger partial charge in [-0.05, 0) is 85.5 Å². The highest BCUT2D eigenvalue weighted by molar-refractivity contribution is 6.33. The lowest BCUT2D eigenvalue weighted by atomic mass is 9.99. The predicted octanol–water partition coefficient (Wildman–Crippen LogP) is 9.91. The second-order valence-corrected chi connectivity index (χ2v) is 12.6. The van der Waals surface area contributed by atoms with Crippen LogP contribution in [-0.2, 0) is 6.42 Å². The highest BCUT2D eigenvalue weighted by atomic mass is 35.5. The van der Waals surface area contributed by atoms with Gasteiger partial charge in [0.2, 0.25) is 0 Å². The van der Waals surface area contributed by atoms with Crippen LogP contribution >= 0.6 is 11.6 Å². The standard InChI is InChI=1S/C41H32ClF2N5O4/c1-24-9-10-25(30-18-26-6-3-4-8-34(26)48-40(24)30)7-5-17-52-39-22-35-31(21-38(39)51-2)36(15-16-46-35)53-37-14-13-29(20-33(37)44)49(41(45)50)47-23-27-11-12-28(43)19-32(27)42/h3-4,6,8-16,18-23H,5,7,17H2,1-2H3,(H2,45,50)/b47-23+. The van der Waals surface area contributed by atoms with E-state index < -0.39 is 17.7 Å². The fraction of sp³-hybridized carbons (Fsp3) is 0.122. The first kappa shape index (κ1) is 35.1. The van der Waals surface area contributed by atoms with Gasteiger partial charge in [-0.25, -0.2) is 18.6 Å². The topological polar surface area (TPSA) is 112 Å². The van der Waals surface area contributed by atoms with Crippen LogP contribution in [0.2, 0.25) is 5.02 Å². The number of carbonyl (C=O) groups excluding carboxylic acids is 1. The number of carbonyl (C=O) groups is 1. The molecule has 2 heterocycles. The normalized spacial score (nSPS) is 11.4. The smallest absolute Gasteiger partial charge is 0.340 e. The summed E-state index contributed by atoms with van der Waals surface area (Å²) in [6, 6.07) is 26.2. The van der Waals surface area contributed by atoms with Gasteiger partial charge in [0.1, 0.15) is 11.6 Å². The molecule has 0 radical (unpaired) electrons. The number of benzene rings is 5. The molecule has 0 unspecified atom stereocenters. The van der Waals surface area contributed by atoms with Crippen molar-refractivity contribution < 1.29 is 27.8 Å². The van der Waals surface area contributed by atoms with Gasteiger partial charge < -0.3 is 19.9 Å². The lowest BCUT2D eigenvalue weighted by molar-refractivity contribution is 0.254. The minimum Gasteiger partial charge on any atom is -0.493 e. The Morgan fingerprint density at radius 2 is 1.75 bits per heavy atom.